The van der Waals surface area contributed by atoms with Gasteiger partial charge in [-0.25, -0.2) is 0 Å². The summed E-state index contributed by atoms with van der Waals surface area (Å²) in [5.74, 6) is 0.920. The fourth-order valence-electron chi connectivity index (χ4n) is 3.36. The van der Waals surface area contributed by atoms with E-state index < -0.39 is 19.4 Å². The molecule has 0 N–H and O–H groups in total. The number of hydrogen-bond acceptors (Lipinski definition) is 1. The van der Waals surface area contributed by atoms with Gasteiger partial charge in [-0.3, -0.25) is 0 Å². The maximum absolute atomic E-state index is 6.72. The summed E-state index contributed by atoms with van der Waals surface area (Å²) >= 11 is -2.74. The van der Waals surface area contributed by atoms with Gasteiger partial charge in [0.15, 0.2) is 0 Å². The Morgan fingerprint density at radius 3 is 2.25 bits per heavy atom. The van der Waals surface area contributed by atoms with Gasteiger partial charge in [-0.1, -0.05) is 0 Å². The van der Waals surface area contributed by atoms with Crippen LogP contribution in [0.25, 0.3) is 6.08 Å². The van der Waals surface area contributed by atoms with Crippen molar-refractivity contribution < 1.29 is 24.1 Å². The van der Waals surface area contributed by atoms with Crippen LogP contribution in [-0.4, -0.2) is 7.11 Å². The third-order valence-corrected chi connectivity index (χ3v) is 11.4. The van der Waals surface area contributed by atoms with Gasteiger partial charge in [0, 0.05) is 0 Å². The molecule has 1 atom stereocenters. The fraction of sp³-hybridized carbons (Fsp3) is 0.300. The van der Waals surface area contributed by atoms with Crippen LogP contribution in [0.2, 0.25) is 0 Å². The molecule has 2 aromatic carbocycles. The van der Waals surface area contributed by atoms with Crippen molar-refractivity contribution in [1.82, 2.24) is 0 Å². The molecule has 4 heteroatoms. The van der Waals surface area contributed by atoms with Crippen molar-refractivity contribution in [2.45, 2.75) is 29.3 Å². The molecule has 24 heavy (non-hydrogen) atoms. The predicted molar refractivity (Wildman–Crippen MR) is 99.7 cm³/mol. The third-order valence-electron chi connectivity index (χ3n) is 4.64. The second kappa shape index (κ2) is 6.63. The first-order chi connectivity index (χ1) is 11.3. The van der Waals surface area contributed by atoms with Crippen molar-refractivity contribution in [3.8, 4) is 5.75 Å². The molecular formula is C20H21Cl2OZr. The van der Waals surface area contributed by atoms with Crippen molar-refractivity contribution in [3.63, 3.8) is 0 Å². The molecule has 0 saturated heterocycles. The van der Waals surface area contributed by atoms with E-state index in [9.17, 15) is 0 Å². The zero-order valence-corrected chi connectivity index (χ0v) is 18.3. The van der Waals surface area contributed by atoms with Gasteiger partial charge in [0.1, 0.15) is 0 Å². The van der Waals surface area contributed by atoms with Gasteiger partial charge < -0.3 is 0 Å². The van der Waals surface area contributed by atoms with Crippen LogP contribution < -0.4 is 4.74 Å². The first kappa shape index (κ1) is 18.2. The first-order valence-electron chi connectivity index (χ1n) is 7.97. The number of rotatable bonds is 3. The van der Waals surface area contributed by atoms with E-state index in [-0.39, 0.29) is 8.54 Å². The van der Waals surface area contributed by atoms with E-state index in [1.807, 2.05) is 6.07 Å². The molecule has 1 aliphatic rings. The average Bonchev–Trinajstić information content (AvgIpc) is 2.93. The van der Waals surface area contributed by atoms with Crippen LogP contribution in [0.3, 0.4) is 0 Å². The van der Waals surface area contributed by atoms with Crippen LogP contribution in [0.5, 0.6) is 5.75 Å². The Hall–Kier alpha value is -0.557. The van der Waals surface area contributed by atoms with Gasteiger partial charge in [0.05, 0.1) is 0 Å². The van der Waals surface area contributed by atoms with Crippen molar-refractivity contribution in [3.05, 3.63) is 70.8 Å². The molecule has 1 aliphatic carbocycles. The molecule has 1 unspecified atom stereocenters. The van der Waals surface area contributed by atoms with Crippen molar-refractivity contribution >= 4 is 23.1 Å². The Morgan fingerprint density at radius 1 is 1.04 bits per heavy atom. The second-order valence-electron chi connectivity index (χ2n) is 7.16. The summed E-state index contributed by atoms with van der Waals surface area (Å²) in [5.41, 5.74) is 4.73. The van der Waals surface area contributed by atoms with Crippen molar-refractivity contribution in [2.24, 2.45) is 0 Å². The van der Waals surface area contributed by atoms with Crippen molar-refractivity contribution in [2.75, 3.05) is 7.11 Å². The van der Waals surface area contributed by atoms with Crippen LogP contribution in [0.4, 0.5) is 0 Å². The molecule has 0 spiro atoms. The summed E-state index contributed by atoms with van der Waals surface area (Å²) < 4.78 is 5.31. The normalized spacial score (nSPS) is 19.2. The van der Waals surface area contributed by atoms with Gasteiger partial charge >= 0.3 is 160 Å². The number of benzene rings is 2. The Bertz CT molecular complexity index is 778. The molecule has 0 aromatic heterocycles. The summed E-state index contributed by atoms with van der Waals surface area (Å²) in [6.07, 6.45) is 4.34. The van der Waals surface area contributed by atoms with Gasteiger partial charge in [-0.2, -0.15) is 0 Å². The second-order valence-corrected chi connectivity index (χ2v) is 16.0. The molecule has 0 amide bonds. The number of fused-ring (bicyclic) bond motifs is 1. The van der Waals surface area contributed by atoms with Crippen LogP contribution in [-0.2, 0) is 27.9 Å². The van der Waals surface area contributed by atoms with Gasteiger partial charge in [0.2, 0.25) is 0 Å². The van der Waals surface area contributed by atoms with Crippen LogP contribution in [0.1, 0.15) is 43.0 Å². The predicted octanol–water partition coefficient (Wildman–Crippen LogP) is 6.19. The minimum absolute atomic E-state index is 0.0203. The zero-order chi connectivity index (χ0) is 17.5. The molecule has 125 valence electrons. The van der Waals surface area contributed by atoms with E-state index in [0.29, 0.717) is 0 Å². The molecule has 0 aliphatic heterocycles. The minimum atomic E-state index is -2.74. The Kier molecular flexibility index (Phi) is 5.04. The quantitative estimate of drug-likeness (QED) is 0.554. The Balaban J connectivity index is 2.29. The summed E-state index contributed by atoms with van der Waals surface area (Å²) in [4.78, 5) is 0. The van der Waals surface area contributed by atoms with E-state index in [1.54, 1.807) is 7.11 Å². The van der Waals surface area contributed by atoms with Gasteiger partial charge in [0.25, 0.3) is 0 Å². The SMILES string of the molecule is COc1cc2c(cc1C(C)(C)C)[C](c1ccccc1)([Zr]([Cl])[Cl])C=C2. The molecule has 0 heterocycles. The van der Waals surface area contributed by atoms with Gasteiger partial charge in [-0.15, -0.1) is 0 Å². The molecule has 2 aromatic rings. The molecular weight excluding hydrogens is 418 g/mol. The van der Waals surface area contributed by atoms with E-state index in [0.717, 1.165) is 11.3 Å². The number of hydrogen-bond donors (Lipinski definition) is 0. The molecule has 0 bridgehead atoms. The van der Waals surface area contributed by atoms with Gasteiger partial charge in [-0.05, 0) is 0 Å². The number of allylic oxidation sites excluding steroid dienone is 1. The summed E-state index contributed by atoms with van der Waals surface area (Å²) in [6.45, 7) is 6.60. The topological polar surface area (TPSA) is 9.23 Å². The summed E-state index contributed by atoms with van der Waals surface area (Å²) in [7, 11) is 15.2. The molecule has 0 radical (unpaired) electrons. The number of methoxy groups -OCH3 is 1. The van der Waals surface area contributed by atoms with Crippen molar-refractivity contribution in [1.29, 1.82) is 0 Å². The summed E-state index contributed by atoms with van der Waals surface area (Å²) in [5, 5.41) is 0. The van der Waals surface area contributed by atoms with Crippen LogP contribution >= 0.6 is 17.0 Å². The Labute approximate surface area is 159 Å². The standard InChI is InChI=1S/C20H21O.2ClH.Zr/c1-20(2,3)18-13-17-15(12-19(18)21-4)10-11-16(17)14-8-6-5-7-9-14;;;/h5-13H,1-4H3;2*1H;/q;;;+2/p-2. The number of ether oxygens (including phenoxy) is 1. The molecule has 0 fully saturated rings. The summed E-state index contributed by atoms with van der Waals surface area (Å²) in [6, 6.07) is 14.8. The van der Waals surface area contributed by atoms with E-state index in [4.69, 9.17) is 21.8 Å². The molecule has 0 saturated carbocycles. The monoisotopic (exact) mass is 437 g/mol. The third kappa shape index (κ3) is 2.92. The van der Waals surface area contributed by atoms with Crippen LogP contribution in [0.15, 0.2) is 48.5 Å². The molecule has 1 nitrogen and oxygen atoms in total. The van der Waals surface area contributed by atoms with E-state index >= 15 is 0 Å². The fourth-order valence-corrected chi connectivity index (χ4v) is 9.10. The number of halogens is 2. The Morgan fingerprint density at radius 2 is 1.71 bits per heavy atom. The zero-order valence-electron chi connectivity index (χ0n) is 14.4. The average molecular weight is 440 g/mol. The van der Waals surface area contributed by atoms with E-state index in [1.165, 1.54) is 16.7 Å². The van der Waals surface area contributed by atoms with E-state index in [2.05, 4.69) is 69.3 Å². The first-order valence-corrected chi connectivity index (χ1v) is 15.5. The maximum atomic E-state index is 6.72. The van der Waals surface area contributed by atoms with Crippen LogP contribution in [0, 0.1) is 0 Å². The molecule has 3 rings (SSSR count).